The van der Waals surface area contributed by atoms with Crippen molar-refractivity contribution >= 4 is 17.9 Å². The summed E-state index contributed by atoms with van der Waals surface area (Å²) >= 11 is 0. The molecule has 0 spiro atoms. The van der Waals surface area contributed by atoms with Gasteiger partial charge in [0.15, 0.2) is 6.10 Å². The molecule has 64 heavy (non-hydrogen) atoms. The maximum absolute atomic E-state index is 12.8. The van der Waals surface area contributed by atoms with Crippen LogP contribution in [0.3, 0.4) is 0 Å². The van der Waals surface area contributed by atoms with Crippen molar-refractivity contribution in [1.82, 2.24) is 0 Å². The van der Waals surface area contributed by atoms with Gasteiger partial charge in [-0.3, -0.25) is 14.4 Å². The first-order valence-electron chi connectivity index (χ1n) is 25.5. The molecule has 0 amide bonds. The Hall–Kier alpha value is -4.19. The Morgan fingerprint density at radius 2 is 0.625 bits per heavy atom. The monoisotopic (exact) mass is 885 g/mol. The maximum atomic E-state index is 12.8. The minimum atomic E-state index is -0.819. The van der Waals surface area contributed by atoms with E-state index in [1.165, 1.54) is 19.3 Å². The number of carbonyl (C=O) groups excluding carboxylic acids is 3. The van der Waals surface area contributed by atoms with Gasteiger partial charge in [-0.2, -0.15) is 0 Å². The summed E-state index contributed by atoms with van der Waals surface area (Å²) in [4.78, 5) is 38.0. The van der Waals surface area contributed by atoms with Crippen LogP contribution in [0.5, 0.6) is 0 Å². The van der Waals surface area contributed by atoms with Crippen molar-refractivity contribution < 1.29 is 28.6 Å². The Balaban J connectivity index is 4.55. The van der Waals surface area contributed by atoms with Gasteiger partial charge >= 0.3 is 17.9 Å². The lowest BCUT2D eigenvalue weighted by molar-refractivity contribution is -0.167. The van der Waals surface area contributed by atoms with Crippen LogP contribution in [0.1, 0.15) is 207 Å². The Morgan fingerprint density at radius 3 is 1.02 bits per heavy atom. The van der Waals surface area contributed by atoms with Gasteiger partial charge in [0.05, 0.1) is 0 Å². The van der Waals surface area contributed by atoms with Crippen LogP contribution >= 0.6 is 0 Å². The number of hydrogen-bond donors (Lipinski definition) is 0. The van der Waals surface area contributed by atoms with Crippen molar-refractivity contribution in [2.24, 2.45) is 0 Å². The Morgan fingerprint density at radius 1 is 0.328 bits per heavy atom. The first kappa shape index (κ1) is 59.8. The quantitative estimate of drug-likeness (QED) is 0.0262. The normalized spacial score (nSPS) is 13.1. The highest BCUT2D eigenvalue weighted by molar-refractivity contribution is 5.71. The largest absolute Gasteiger partial charge is 0.462 e. The van der Waals surface area contributed by atoms with E-state index in [4.69, 9.17) is 14.2 Å². The molecule has 6 nitrogen and oxygen atoms in total. The number of rotatable bonds is 44. The van der Waals surface area contributed by atoms with E-state index in [2.05, 4.69) is 142 Å². The summed E-state index contributed by atoms with van der Waals surface area (Å²) in [5.41, 5.74) is 0. The third-order valence-corrected chi connectivity index (χ3v) is 10.2. The zero-order valence-electron chi connectivity index (χ0n) is 41.0. The average molecular weight is 885 g/mol. The predicted octanol–water partition coefficient (Wildman–Crippen LogP) is 16.9. The molecule has 360 valence electrons. The first-order chi connectivity index (χ1) is 31.5. The molecule has 0 saturated heterocycles. The molecule has 0 aromatic carbocycles. The van der Waals surface area contributed by atoms with E-state index in [9.17, 15) is 14.4 Å². The standard InChI is InChI=1S/C58H92O6/c1-4-7-10-13-16-19-22-25-28-29-31-33-36-39-42-45-48-51-57(60)63-54-55(53-62-56(59)50-47-44-41-38-35-32-27-24-21-18-15-12-9-6-3)64-58(61)52-49-46-43-40-37-34-30-26-23-20-17-14-11-8-5-2/h7-8,10-11,15-20,24-28,30-31,33,39,42,55H,4-6,9,12-14,21-23,29,32,34-38,40-41,43-54H2,1-3H3/b10-7+,11-8+,18-15+,19-16+,20-17+,27-24+,28-25+,30-26+,33-31+,42-39+/t55-/m1/s1. The van der Waals surface area contributed by atoms with Gasteiger partial charge in [0.1, 0.15) is 13.2 Å². The van der Waals surface area contributed by atoms with Gasteiger partial charge in [0.25, 0.3) is 0 Å². The van der Waals surface area contributed by atoms with E-state index in [0.717, 1.165) is 141 Å². The second kappa shape index (κ2) is 51.4. The Kier molecular flexibility index (Phi) is 48.1. The summed E-state index contributed by atoms with van der Waals surface area (Å²) in [7, 11) is 0. The number of ether oxygens (including phenoxy) is 3. The van der Waals surface area contributed by atoms with Crippen LogP contribution in [0, 0.1) is 0 Å². The van der Waals surface area contributed by atoms with E-state index < -0.39 is 6.10 Å². The number of carbonyl (C=O) groups is 3. The summed E-state index contributed by atoms with van der Waals surface area (Å²) in [6, 6.07) is 0. The molecule has 0 rings (SSSR count). The lowest BCUT2D eigenvalue weighted by Gasteiger charge is -2.18. The van der Waals surface area contributed by atoms with Crippen molar-refractivity contribution in [2.75, 3.05) is 13.2 Å². The zero-order chi connectivity index (χ0) is 46.5. The van der Waals surface area contributed by atoms with Gasteiger partial charge in [-0.1, -0.05) is 194 Å². The van der Waals surface area contributed by atoms with E-state index in [0.29, 0.717) is 12.8 Å². The second-order valence-electron chi connectivity index (χ2n) is 16.3. The van der Waals surface area contributed by atoms with Crippen LogP contribution in [0.4, 0.5) is 0 Å². The number of esters is 3. The average Bonchev–Trinajstić information content (AvgIpc) is 3.29. The van der Waals surface area contributed by atoms with Crippen molar-refractivity contribution in [3.8, 4) is 0 Å². The van der Waals surface area contributed by atoms with Crippen LogP contribution < -0.4 is 0 Å². The van der Waals surface area contributed by atoms with E-state index in [1.807, 2.05) is 0 Å². The molecule has 0 aromatic heterocycles. The number of hydrogen-bond acceptors (Lipinski definition) is 6. The van der Waals surface area contributed by atoms with Gasteiger partial charge < -0.3 is 14.2 Å². The second-order valence-corrected chi connectivity index (χ2v) is 16.3. The highest BCUT2D eigenvalue weighted by Gasteiger charge is 2.19. The summed E-state index contributed by atoms with van der Waals surface area (Å²) in [5.74, 6) is -1.01. The van der Waals surface area contributed by atoms with Gasteiger partial charge in [0.2, 0.25) is 0 Å². The highest BCUT2D eigenvalue weighted by atomic mass is 16.6. The molecule has 0 N–H and O–H groups in total. The maximum Gasteiger partial charge on any atom is 0.306 e. The molecular weight excluding hydrogens is 793 g/mol. The Labute approximate surface area is 392 Å². The first-order valence-corrected chi connectivity index (χ1v) is 25.5. The minimum absolute atomic E-state index is 0.114. The van der Waals surface area contributed by atoms with Gasteiger partial charge in [0, 0.05) is 19.3 Å². The fourth-order valence-corrected chi connectivity index (χ4v) is 6.39. The number of allylic oxidation sites excluding steroid dienone is 20. The third kappa shape index (κ3) is 48.8. The van der Waals surface area contributed by atoms with Crippen molar-refractivity contribution in [1.29, 1.82) is 0 Å². The van der Waals surface area contributed by atoms with Crippen molar-refractivity contribution in [3.63, 3.8) is 0 Å². The molecule has 0 bridgehead atoms. The van der Waals surface area contributed by atoms with Crippen LogP contribution in [0.25, 0.3) is 0 Å². The van der Waals surface area contributed by atoms with Crippen molar-refractivity contribution in [3.05, 3.63) is 122 Å². The predicted molar refractivity (Wildman–Crippen MR) is 274 cm³/mol. The summed E-state index contributed by atoms with van der Waals surface area (Å²) in [5, 5.41) is 0. The van der Waals surface area contributed by atoms with Gasteiger partial charge in [-0.25, -0.2) is 0 Å². The number of unbranched alkanes of at least 4 members (excludes halogenated alkanes) is 13. The van der Waals surface area contributed by atoms with Gasteiger partial charge in [-0.15, -0.1) is 0 Å². The minimum Gasteiger partial charge on any atom is -0.462 e. The molecule has 0 aromatic rings. The summed E-state index contributed by atoms with van der Waals surface area (Å²) < 4.78 is 16.7. The molecule has 0 unspecified atom stereocenters. The fraction of sp³-hybridized carbons (Fsp3) is 0.603. The summed E-state index contributed by atoms with van der Waals surface area (Å²) in [6.07, 6.45) is 70.4. The smallest absolute Gasteiger partial charge is 0.306 e. The molecular formula is C58H92O6. The molecule has 1 atom stereocenters. The van der Waals surface area contributed by atoms with E-state index in [-0.39, 0.29) is 44.0 Å². The lowest BCUT2D eigenvalue weighted by atomic mass is 10.1. The van der Waals surface area contributed by atoms with Crippen molar-refractivity contribution in [2.45, 2.75) is 213 Å². The van der Waals surface area contributed by atoms with E-state index >= 15 is 0 Å². The molecule has 0 aliphatic heterocycles. The molecule has 0 aliphatic carbocycles. The molecule has 0 heterocycles. The fourth-order valence-electron chi connectivity index (χ4n) is 6.39. The SMILES string of the molecule is CC/C=C/C/C=C/C/C=C/C/C=C/C/C=C/CCCC(=O)OC[C@@H](COC(=O)CCCCCCC/C=C/C/C=C/CCCC)OC(=O)CCCCCCC/C=C/C/C=C/C/C=C/CC. The molecule has 0 fully saturated rings. The van der Waals surface area contributed by atoms with Crippen LogP contribution in [-0.4, -0.2) is 37.2 Å². The highest BCUT2D eigenvalue weighted by Crippen LogP contribution is 2.12. The van der Waals surface area contributed by atoms with Gasteiger partial charge in [-0.05, 0) is 116 Å². The molecule has 6 heteroatoms. The Bertz CT molecular complexity index is 1390. The van der Waals surface area contributed by atoms with Crippen LogP contribution in [0.15, 0.2) is 122 Å². The molecule has 0 saturated carbocycles. The third-order valence-electron chi connectivity index (χ3n) is 10.2. The van der Waals surface area contributed by atoms with Crippen LogP contribution in [-0.2, 0) is 28.6 Å². The molecule has 0 radical (unpaired) electrons. The zero-order valence-corrected chi connectivity index (χ0v) is 41.0. The lowest BCUT2D eigenvalue weighted by Crippen LogP contribution is -2.30. The van der Waals surface area contributed by atoms with E-state index in [1.54, 1.807) is 0 Å². The molecule has 0 aliphatic rings. The summed E-state index contributed by atoms with van der Waals surface area (Å²) in [6.45, 7) is 6.27. The van der Waals surface area contributed by atoms with Crippen LogP contribution in [0.2, 0.25) is 0 Å². The topological polar surface area (TPSA) is 78.9 Å².